The predicted octanol–water partition coefficient (Wildman–Crippen LogP) is 1.18. The maximum absolute atomic E-state index is 5.63. The predicted molar refractivity (Wildman–Crippen MR) is 72.8 cm³/mol. The van der Waals surface area contributed by atoms with E-state index in [1.165, 1.54) is 30.6 Å². The van der Waals surface area contributed by atoms with E-state index in [1.807, 2.05) is 0 Å². The summed E-state index contributed by atoms with van der Waals surface area (Å²) < 4.78 is 11.1. The van der Waals surface area contributed by atoms with Crippen molar-refractivity contribution in [2.45, 2.75) is 25.3 Å². The van der Waals surface area contributed by atoms with Crippen molar-refractivity contribution in [3.8, 4) is 11.5 Å². The molecule has 4 nitrogen and oxygen atoms in total. The highest BCUT2D eigenvalue weighted by molar-refractivity contribution is 5.53. The number of hydrogen-bond donors (Lipinski definition) is 1. The molecule has 1 fully saturated rings. The minimum absolute atomic E-state index is 0.382. The van der Waals surface area contributed by atoms with E-state index in [2.05, 4.69) is 22.3 Å². The first kappa shape index (κ1) is 11.6. The third-order valence-corrected chi connectivity index (χ3v) is 4.59. The topological polar surface area (TPSA) is 33.7 Å². The number of piperazine rings is 1. The molecule has 2 heterocycles. The average Bonchev–Trinajstić information content (AvgIpc) is 2.96. The molecule has 0 amide bonds. The smallest absolute Gasteiger partial charge is 0.231 e. The Morgan fingerprint density at radius 2 is 2.05 bits per heavy atom. The second kappa shape index (κ2) is 4.69. The van der Waals surface area contributed by atoms with Gasteiger partial charge in [-0.1, -0.05) is 6.07 Å². The lowest BCUT2D eigenvalue weighted by atomic mass is 9.86. The molecular weight excluding hydrogens is 240 g/mol. The Morgan fingerprint density at radius 1 is 1.16 bits per heavy atom. The lowest BCUT2D eigenvalue weighted by molar-refractivity contribution is 0.157. The number of fused-ring (bicyclic) bond motifs is 3. The third kappa shape index (κ3) is 1.99. The van der Waals surface area contributed by atoms with Crippen molar-refractivity contribution in [1.29, 1.82) is 0 Å². The summed E-state index contributed by atoms with van der Waals surface area (Å²) in [6.07, 6.45) is 3.52. The van der Waals surface area contributed by atoms with Crippen LogP contribution in [0, 0.1) is 0 Å². The van der Waals surface area contributed by atoms with Crippen LogP contribution in [0.3, 0.4) is 0 Å². The van der Waals surface area contributed by atoms with Crippen LogP contribution < -0.4 is 14.8 Å². The lowest BCUT2D eigenvalue weighted by Crippen LogP contribution is -2.50. The highest BCUT2D eigenvalue weighted by atomic mass is 16.7. The van der Waals surface area contributed by atoms with Crippen molar-refractivity contribution < 1.29 is 9.47 Å². The largest absolute Gasteiger partial charge is 0.454 e. The SMILES string of the molecule is c1cc2c(c3c1CC(N1CCNCC1)CC3)OCO2. The average molecular weight is 260 g/mol. The van der Waals surface area contributed by atoms with Crippen molar-refractivity contribution in [1.82, 2.24) is 10.2 Å². The van der Waals surface area contributed by atoms with Crippen molar-refractivity contribution >= 4 is 0 Å². The van der Waals surface area contributed by atoms with Crippen molar-refractivity contribution in [3.63, 3.8) is 0 Å². The number of benzene rings is 1. The van der Waals surface area contributed by atoms with Crippen LogP contribution in [0.5, 0.6) is 11.5 Å². The van der Waals surface area contributed by atoms with Gasteiger partial charge in [0.15, 0.2) is 11.5 Å². The Labute approximate surface area is 113 Å². The van der Waals surface area contributed by atoms with E-state index >= 15 is 0 Å². The van der Waals surface area contributed by atoms with E-state index < -0.39 is 0 Å². The van der Waals surface area contributed by atoms with Gasteiger partial charge in [-0.15, -0.1) is 0 Å². The maximum atomic E-state index is 5.63. The number of nitrogens with one attached hydrogen (secondary N) is 1. The van der Waals surface area contributed by atoms with Gasteiger partial charge in [0.1, 0.15) is 0 Å². The Kier molecular flexibility index (Phi) is 2.85. The minimum atomic E-state index is 0.382. The first-order valence-corrected chi connectivity index (χ1v) is 7.27. The lowest BCUT2D eigenvalue weighted by Gasteiger charge is -2.37. The fourth-order valence-corrected chi connectivity index (χ4v) is 3.56. The molecule has 4 heteroatoms. The molecule has 102 valence electrons. The van der Waals surface area contributed by atoms with Crippen LogP contribution in [-0.2, 0) is 12.8 Å². The number of hydrogen-bond acceptors (Lipinski definition) is 4. The first-order chi connectivity index (χ1) is 9.42. The Balaban J connectivity index is 1.57. The van der Waals surface area contributed by atoms with E-state index in [4.69, 9.17) is 9.47 Å². The third-order valence-electron chi connectivity index (χ3n) is 4.59. The van der Waals surface area contributed by atoms with Gasteiger partial charge in [-0.3, -0.25) is 4.90 Å². The molecule has 1 atom stereocenters. The zero-order valence-electron chi connectivity index (χ0n) is 11.2. The molecule has 0 aromatic heterocycles. The van der Waals surface area contributed by atoms with E-state index in [-0.39, 0.29) is 0 Å². The molecule has 0 bridgehead atoms. The molecule has 1 N–H and O–H groups in total. The van der Waals surface area contributed by atoms with Gasteiger partial charge in [-0.05, 0) is 30.9 Å². The number of nitrogens with zero attached hydrogens (tertiary/aromatic N) is 1. The summed E-state index contributed by atoms with van der Waals surface area (Å²) >= 11 is 0. The fourth-order valence-electron chi connectivity index (χ4n) is 3.56. The molecule has 0 spiro atoms. The van der Waals surface area contributed by atoms with Gasteiger partial charge in [-0.2, -0.15) is 0 Å². The molecule has 1 aliphatic carbocycles. The van der Waals surface area contributed by atoms with Crippen LogP contribution >= 0.6 is 0 Å². The molecule has 0 radical (unpaired) electrons. The summed E-state index contributed by atoms with van der Waals surface area (Å²) in [7, 11) is 0. The van der Waals surface area contributed by atoms with Crippen LogP contribution in [0.2, 0.25) is 0 Å². The summed E-state index contributed by atoms with van der Waals surface area (Å²) in [6.45, 7) is 5.01. The molecule has 19 heavy (non-hydrogen) atoms. The fraction of sp³-hybridized carbons (Fsp3) is 0.600. The zero-order chi connectivity index (χ0) is 12.7. The second-order valence-corrected chi connectivity index (χ2v) is 5.62. The Bertz CT molecular complexity index is 483. The van der Waals surface area contributed by atoms with Crippen LogP contribution in [0.15, 0.2) is 12.1 Å². The van der Waals surface area contributed by atoms with Crippen LogP contribution in [0.1, 0.15) is 17.5 Å². The first-order valence-electron chi connectivity index (χ1n) is 7.27. The molecule has 2 aliphatic heterocycles. The van der Waals surface area contributed by atoms with Crippen LogP contribution in [0.25, 0.3) is 0 Å². The Hall–Kier alpha value is -1.26. The van der Waals surface area contributed by atoms with Crippen LogP contribution in [0.4, 0.5) is 0 Å². The maximum Gasteiger partial charge on any atom is 0.231 e. The van der Waals surface area contributed by atoms with Gasteiger partial charge in [0, 0.05) is 37.8 Å². The summed E-state index contributed by atoms with van der Waals surface area (Å²) in [5, 5.41) is 3.43. The molecule has 3 aliphatic rings. The van der Waals surface area contributed by atoms with Crippen LogP contribution in [-0.4, -0.2) is 43.9 Å². The quantitative estimate of drug-likeness (QED) is 0.822. The summed E-state index contributed by atoms with van der Waals surface area (Å²) in [5.74, 6) is 1.94. The number of rotatable bonds is 1. The van der Waals surface area contributed by atoms with Crippen molar-refractivity contribution in [3.05, 3.63) is 23.3 Å². The van der Waals surface area contributed by atoms with E-state index in [9.17, 15) is 0 Å². The molecule has 4 rings (SSSR count). The highest BCUT2D eigenvalue weighted by Crippen LogP contribution is 2.41. The van der Waals surface area contributed by atoms with Gasteiger partial charge < -0.3 is 14.8 Å². The van der Waals surface area contributed by atoms with E-state index in [1.54, 1.807) is 0 Å². The van der Waals surface area contributed by atoms with Gasteiger partial charge >= 0.3 is 0 Å². The van der Waals surface area contributed by atoms with Crippen molar-refractivity contribution in [2.24, 2.45) is 0 Å². The second-order valence-electron chi connectivity index (χ2n) is 5.62. The number of ether oxygens (including phenoxy) is 2. The van der Waals surface area contributed by atoms with E-state index in [0.717, 1.165) is 37.4 Å². The monoisotopic (exact) mass is 260 g/mol. The summed E-state index contributed by atoms with van der Waals surface area (Å²) in [6, 6.07) is 5.01. The van der Waals surface area contributed by atoms with Crippen molar-refractivity contribution in [2.75, 3.05) is 33.0 Å². The van der Waals surface area contributed by atoms with Gasteiger partial charge in [0.05, 0.1) is 0 Å². The molecular formula is C15H20N2O2. The molecule has 1 aromatic rings. The molecule has 0 saturated carbocycles. The normalized spacial score (nSPS) is 26.2. The van der Waals surface area contributed by atoms with Gasteiger partial charge in [0.25, 0.3) is 0 Å². The molecule has 1 aromatic carbocycles. The zero-order valence-corrected chi connectivity index (χ0v) is 11.2. The van der Waals surface area contributed by atoms with E-state index in [0.29, 0.717) is 12.8 Å². The molecule has 1 unspecified atom stereocenters. The summed E-state index contributed by atoms with van der Waals surface area (Å²) in [5.41, 5.74) is 2.85. The summed E-state index contributed by atoms with van der Waals surface area (Å²) in [4.78, 5) is 2.64. The molecule has 1 saturated heterocycles. The highest BCUT2D eigenvalue weighted by Gasteiger charge is 2.29. The standard InChI is InChI=1S/C15H20N2O2/c1-4-14-15(19-10-18-14)13-3-2-12(9-11(1)13)17-7-5-16-6-8-17/h1,4,12,16H,2-3,5-10H2. The van der Waals surface area contributed by atoms with Gasteiger partial charge in [-0.25, -0.2) is 0 Å². The van der Waals surface area contributed by atoms with Gasteiger partial charge in [0.2, 0.25) is 6.79 Å². The minimum Gasteiger partial charge on any atom is -0.454 e. The Morgan fingerprint density at radius 3 is 2.95 bits per heavy atom.